The second-order valence-corrected chi connectivity index (χ2v) is 8.08. The Morgan fingerprint density at radius 1 is 0.957 bits per heavy atom. The molecule has 0 saturated heterocycles. The molecule has 23 heavy (non-hydrogen) atoms. The molecule has 1 N–H and O–H groups in total. The molecule has 0 aliphatic rings. The van der Waals surface area contributed by atoms with Gasteiger partial charge in [0, 0.05) is 0 Å². The fourth-order valence-electron chi connectivity index (χ4n) is 2.65. The van der Waals surface area contributed by atoms with E-state index in [4.69, 9.17) is 0 Å². The maximum atomic E-state index is 12.4. The molecule has 0 saturated carbocycles. The zero-order valence-electron chi connectivity index (χ0n) is 13.9. The molecule has 130 valence electrons. The second-order valence-electron chi connectivity index (χ2n) is 5.95. The lowest BCUT2D eigenvalue weighted by atomic mass is 10.1. The summed E-state index contributed by atoms with van der Waals surface area (Å²) in [6.45, 7) is 2.18. The smallest absolute Gasteiger partial charge is 0.322 e. The summed E-state index contributed by atoms with van der Waals surface area (Å²) >= 11 is 0. The molecule has 0 fully saturated rings. The van der Waals surface area contributed by atoms with Gasteiger partial charge in [-0.3, -0.25) is 4.79 Å². The minimum absolute atomic E-state index is 0.0898. The molecule has 1 aromatic carbocycles. The van der Waals surface area contributed by atoms with Crippen LogP contribution in [0.1, 0.15) is 64.7 Å². The summed E-state index contributed by atoms with van der Waals surface area (Å²) in [5.74, 6) is -1.25. The number of benzene rings is 1. The Balaban J connectivity index is 2.46. The molecule has 0 aliphatic heterocycles. The molecule has 0 aromatic heterocycles. The Bertz CT molecular complexity index is 552. The first kappa shape index (κ1) is 19.7. The summed E-state index contributed by atoms with van der Waals surface area (Å²) in [5, 5.41) is 7.95. The lowest BCUT2D eigenvalue weighted by molar-refractivity contribution is -0.136. The van der Waals surface area contributed by atoms with Gasteiger partial charge in [-0.1, -0.05) is 76.5 Å². The van der Waals surface area contributed by atoms with Gasteiger partial charge in [0.15, 0.2) is 15.1 Å². The van der Waals surface area contributed by atoms with Crippen molar-refractivity contribution in [2.45, 2.75) is 74.9 Å². The SMILES string of the molecule is CCCCCCCCCCC(C(=O)O)S(=O)(=O)c1ccccc1. The molecule has 0 bridgehead atoms. The molecule has 4 nitrogen and oxygen atoms in total. The van der Waals surface area contributed by atoms with Gasteiger partial charge in [0.05, 0.1) is 4.90 Å². The van der Waals surface area contributed by atoms with Gasteiger partial charge >= 0.3 is 5.97 Å². The van der Waals surface area contributed by atoms with E-state index in [-0.39, 0.29) is 11.3 Å². The molecular formula is C18H28O4S. The minimum Gasteiger partial charge on any atom is -0.480 e. The lowest BCUT2D eigenvalue weighted by Crippen LogP contribution is -2.30. The number of aliphatic carboxylic acids is 1. The Hall–Kier alpha value is -1.36. The van der Waals surface area contributed by atoms with Gasteiger partial charge in [0.25, 0.3) is 0 Å². The van der Waals surface area contributed by atoms with Gasteiger partial charge in [0.2, 0.25) is 0 Å². The van der Waals surface area contributed by atoms with E-state index in [1.54, 1.807) is 18.2 Å². The molecule has 0 radical (unpaired) electrons. The van der Waals surface area contributed by atoms with Gasteiger partial charge in [0.1, 0.15) is 0 Å². The number of hydrogen-bond donors (Lipinski definition) is 1. The van der Waals surface area contributed by atoms with Gasteiger partial charge in [-0.15, -0.1) is 0 Å². The zero-order chi connectivity index (χ0) is 17.1. The number of carboxylic acid groups (broad SMARTS) is 1. The third kappa shape index (κ3) is 6.73. The number of rotatable bonds is 12. The molecule has 0 heterocycles. The van der Waals surface area contributed by atoms with Crippen molar-refractivity contribution < 1.29 is 18.3 Å². The standard InChI is InChI=1S/C18H28O4S/c1-2-3-4-5-6-7-8-12-15-17(18(19)20)23(21,22)16-13-10-9-11-14-16/h9-11,13-14,17H,2-8,12,15H2,1H3,(H,19,20). The van der Waals surface area contributed by atoms with Crippen LogP contribution in [0.4, 0.5) is 0 Å². The van der Waals surface area contributed by atoms with Crippen molar-refractivity contribution in [2.75, 3.05) is 0 Å². The van der Waals surface area contributed by atoms with E-state index >= 15 is 0 Å². The van der Waals surface area contributed by atoms with Crippen LogP contribution in [0.5, 0.6) is 0 Å². The quantitative estimate of drug-likeness (QED) is 0.571. The van der Waals surface area contributed by atoms with E-state index in [2.05, 4.69) is 6.92 Å². The van der Waals surface area contributed by atoms with Gasteiger partial charge in [-0.05, 0) is 18.6 Å². The molecule has 1 atom stereocenters. The molecular weight excluding hydrogens is 312 g/mol. The van der Waals surface area contributed by atoms with Crippen molar-refractivity contribution in [2.24, 2.45) is 0 Å². The number of hydrogen-bond acceptors (Lipinski definition) is 3. The first-order chi connectivity index (χ1) is 11.0. The van der Waals surface area contributed by atoms with Crippen molar-refractivity contribution in [3.05, 3.63) is 30.3 Å². The van der Waals surface area contributed by atoms with Crippen molar-refractivity contribution in [1.82, 2.24) is 0 Å². The fourth-order valence-corrected chi connectivity index (χ4v) is 4.26. The lowest BCUT2D eigenvalue weighted by Gasteiger charge is -2.13. The van der Waals surface area contributed by atoms with Crippen molar-refractivity contribution in [1.29, 1.82) is 0 Å². The van der Waals surface area contributed by atoms with E-state index in [9.17, 15) is 18.3 Å². The Labute approximate surface area is 139 Å². The highest BCUT2D eigenvalue weighted by Crippen LogP contribution is 2.21. The van der Waals surface area contributed by atoms with Crippen LogP contribution in [0.15, 0.2) is 35.2 Å². The Morgan fingerprint density at radius 2 is 1.48 bits per heavy atom. The van der Waals surface area contributed by atoms with E-state index in [0.29, 0.717) is 6.42 Å². The number of unbranched alkanes of at least 4 members (excludes halogenated alkanes) is 7. The van der Waals surface area contributed by atoms with Gasteiger partial charge < -0.3 is 5.11 Å². The van der Waals surface area contributed by atoms with E-state index in [0.717, 1.165) is 19.3 Å². The molecule has 0 aliphatic carbocycles. The minimum atomic E-state index is -3.80. The highest BCUT2D eigenvalue weighted by Gasteiger charge is 2.33. The zero-order valence-corrected chi connectivity index (χ0v) is 14.7. The van der Waals surface area contributed by atoms with Crippen LogP contribution in [-0.4, -0.2) is 24.7 Å². The molecule has 5 heteroatoms. The molecule has 1 rings (SSSR count). The van der Waals surface area contributed by atoms with Crippen molar-refractivity contribution in [3.8, 4) is 0 Å². The number of carbonyl (C=O) groups is 1. The normalized spacial score (nSPS) is 12.9. The van der Waals surface area contributed by atoms with E-state index < -0.39 is 21.1 Å². The van der Waals surface area contributed by atoms with E-state index in [1.807, 2.05) is 0 Å². The summed E-state index contributed by atoms with van der Waals surface area (Å²) < 4.78 is 24.9. The molecule has 0 amide bonds. The Kier molecular flexibility index (Phi) is 8.92. The number of carboxylic acids is 1. The largest absolute Gasteiger partial charge is 0.480 e. The summed E-state index contributed by atoms with van der Waals surface area (Å²) in [6, 6.07) is 7.86. The fraction of sp³-hybridized carbons (Fsp3) is 0.611. The third-order valence-corrected chi connectivity index (χ3v) is 6.16. The van der Waals surface area contributed by atoms with Crippen LogP contribution in [0.2, 0.25) is 0 Å². The predicted octanol–water partition coefficient (Wildman–Crippen LogP) is 4.44. The summed E-state index contributed by atoms with van der Waals surface area (Å²) in [6.07, 6.45) is 8.83. The topological polar surface area (TPSA) is 71.4 Å². The third-order valence-electron chi connectivity index (χ3n) is 4.04. The van der Waals surface area contributed by atoms with Crippen LogP contribution in [0.25, 0.3) is 0 Å². The van der Waals surface area contributed by atoms with E-state index in [1.165, 1.54) is 37.8 Å². The molecule has 0 spiro atoms. The first-order valence-corrected chi connectivity index (χ1v) is 10.1. The number of sulfone groups is 1. The summed E-state index contributed by atoms with van der Waals surface area (Å²) in [4.78, 5) is 11.5. The molecule has 1 aromatic rings. The van der Waals surface area contributed by atoms with Crippen LogP contribution in [0.3, 0.4) is 0 Å². The maximum Gasteiger partial charge on any atom is 0.322 e. The van der Waals surface area contributed by atoms with Gasteiger partial charge in [-0.2, -0.15) is 0 Å². The monoisotopic (exact) mass is 340 g/mol. The van der Waals surface area contributed by atoms with Crippen molar-refractivity contribution >= 4 is 15.8 Å². The van der Waals surface area contributed by atoms with Crippen LogP contribution >= 0.6 is 0 Å². The maximum absolute atomic E-state index is 12.4. The summed E-state index contributed by atoms with van der Waals surface area (Å²) in [5.41, 5.74) is 0. The van der Waals surface area contributed by atoms with Crippen molar-refractivity contribution in [3.63, 3.8) is 0 Å². The highest BCUT2D eigenvalue weighted by atomic mass is 32.2. The average molecular weight is 340 g/mol. The Morgan fingerprint density at radius 3 is 2.00 bits per heavy atom. The van der Waals surface area contributed by atoms with Crippen LogP contribution in [-0.2, 0) is 14.6 Å². The summed E-state index contributed by atoms with van der Waals surface area (Å²) in [7, 11) is -3.80. The average Bonchev–Trinajstić information content (AvgIpc) is 2.53. The van der Waals surface area contributed by atoms with Gasteiger partial charge in [-0.25, -0.2) is 8.42 Å². The second kappa shape index (κ2) is 10.4. The molecule has 1 unspecified atom stereocenters. The van der Waals surface area contributed by atoms with Crippen LogP contribution in [0, 0.1) is 0 Å². The van der Waals surface area contributed by atoms with Crippen LogP contribution < -0.4 is 0 Å². The highest BCUT2D eigenvalue weighted by molar-refractivity contribution is 7.92. The first-order valence-electron chi connectivity index (χ1n) is 8.52. The predicted molar refractivity (Wildman–Crippen MR) is 92.3 cm³/mol.